The third kappa shape index (κ3) is 5.47. The number of nitrogens with one attached hydrogen (secondary N) is 1. The second-order valence-corrected chi connectivity index (χ2v) is 6.31. The van der Waals surface area contributed by atoms with Crippen molar-refractivity contribution >= 4 is 45.6 Å². The summed E-state index contributed by atoms with van der Waals surface area (Å²) in [5.41, 5.74) is 8.40. The SMILES string of the molecule is COc1ccc(Br)cc1C(=O)NN=Cc1ccc(OCC(N)=O)c(Cl)c1. The van der Waals surface area contributed by atoms with Gasteiger partial charge in [0.25, 0.3) is 11.8 Å². The lowest BCUT2D eigenvalue weighted by molar-refractivity contribution is -0.119. The molecule has 2 aromatic carbocycles. The number of benzene rings is 2. The standard InChI is InChI=1S/C17H15BrClN3O4/c1-25-14-5-3-11(18)7-12(14)17(24)22-21-8-10-2-4-15(13(19)6-10)26-9-16(20)23/h2-8H,9H2,1H3,(H2,20,23)(H,22,24). The maximum atomic E-state index is 12.2. The van der Waals surface area contributed by atoms with E-state index < -0.39 is 11.8 Å². The van der Waals surface area contributed by atoms with Crippen molar-refractivity contribution in [3.8, 4) is 11.5 Å². The van der Waals surface area contributed by atoms with E-state index in [9.17, 15) is 9.59 Å². The highest BCUT2D eigenvalue weighted by Gasteiger charge is 2.12. The molecule has 136 valence electrons. The van der Waals surface area contributed by atoms with E-state index in [-0.39, 0.29) is 11.6 Å². The highest BCUT2D eigenvalue weighted by molar-refractivity contribution is 9.10. The molecule has 2 aromatic rings. The number of carbonyl (C=O) groups is 2. The number of halogens is 2. The molecule has 3 N–H and O–H groups in total. The Balaban J connectivity index is 2.04. The minimum Gasteiger partial charge on any atom is -0.496 e. The van der Waals surface area contributed by atoms with Gasteiger partial charge in [-0.2, -0.15) is 5.10 Å². The number of hydrazone groups is 1. The van der Waals surface area contributed by atoms with Crippen LogP contribution in [0.25, 0.3) is 0 Å². The fourth-order valence-corrected chi connectivity index (χ4v) is 2.55. The molecule has 0 unspecified atom stereocenters. The number of primary amides is 1. The molecule has 0 radical (unpaired) electrons. The molecule has 0 bridgehead atoms. The van der Waals surface area contributed by atoms with Gasteiger partial charge in [-0.25, -0.2) is 5.43 Å². The smallest absolute Gasteiger partial charge is 0.275 e. The van der Waals surface area contributed by atoms with Crippen LogP contribution in [-0.2, 0) is 4.79 Å². The van der Waals surface area contributed by atoms with Gasteiger partial charge >= 0.3 is 0 Å². The summed E-state index contributed by atoms with van der Waals surface area (Å²) in [7, 11) is 1.48. The number of amides is 2. The number of ether oxygens (including phenoxy) is 2. The summed E-state index contributed by atoms with van der Waals surface area (Å²) in [5.74, 6) is -0.269. The molecular weight excluding hydrogens is 426 g/mol. The Hall–Kier alpha value is -2.58. The number of methoxy groups -OCH3 is 1. The van der Waals surface area contributed by atoms with E-state index in [1.807, 2.05) is 0 Å². The van der Waals surface area contributed by atoms with Gasteiger partial charge in [-0.05, 0) is 42.0 Å². The van der Waals surface area contributed by atoms with E-state index in [1.54, 1.807) is 36.4 Å². The van der Waals surface area contributed by atoms with Crippen LogP contribution in [-0.4, -0.2) is 31.7 Å². The van der Waals surface area contributed by atoms with Crippen LogP contribution in [0.5, 0.6) is 11.5 Å². The predicted octanol–water partition coefficient (Wildman–Crippen LogP) is 2.74. The van der Waals surface area contributed by atoms with Gasteiger partial charge in [0, 0.05) is 4.47 Å². The monoisotopic (exact) mass is 439 g/mol. The first kappa shape index (κ1) is 19.7. The summed E-state index contributed by atoms with van der Waals surface area (Å²) in [6, 6.07) is 9.89. The summed E-state index contributed by atoms with van der Waals surface area (Å²) < 4.78 is 11.0. The van der Waals surface area contributed by atoms with Crippen LogP contribution >= 0.6 is 27.5 Å². The lowest BCUT2D eigenvalue weighted by Gasteiger charge is -2.07. The van der Waals surface area contributed by atoms with Gasteiger partial charge < -0.3 is 15.2 Å². The van der Waals surface area contributed by atoms with Gasteiger partial charge in [0.05, 0.1) is 23.9 Å². The molecular formula is C17H15BrClN3O4. The zero-order chi connectivity index (χ0) is 19.1. The highest BCUT2D eigenvalue weighted by Crippen LogP contribution is 2.25. The van der Waals surface area contributed by atoms with Gasteiger partial charge in [0.1, 0.15) is 11.5 Å². The molecule has 0 atom stereocenters. The largest absolute Gasteiger partial charge is 0.496 e. The number of hydrogen-bond donors (Lipinski definition) is 2. The summed E-state index contributed by atoms with van der Waals surface area (Å²) in [5, 5.41) is 4.19. The molecule has 0 aliphatic carbocycles. The van der Waals surface area contributed by atoms with E-state index in [0.717, 1.165) is 4.47 Å². The van der Waals surface area contributed by atoms with E-state index >= 15 is 0 Å². The molecule has 0 aliphatic rings. The molecule has 2 rings (SSSR count). The molecule has 0 aliphatic heterocycles. The van der Waals surface area contributed by atoms with Crippen LogP contribution < -0.4 is 20.6 Å². The molecule has 0 heterocycles. The lowest BCUT2D eigenvalue weighted by Crippen LogP contribution is -2.20. The molecule has 0 saturated carbocycles. The zero-order valence-corrected chi connectivity index (χ0v) is 16.0. The normalized spacial score (nSPS) is 10.6. The average molecular weight is 441 g/mol. The van der Waals surface area contributed by atoms with Gasteiger partial charge in [-0.3, -0.25) is 9.59 Å². The quantitative estimate of drug-likeness (QED) is 0.510. The number of hydrogen-bond acceptors (Lipinski definition) is 5. The molecule has 7 nitrogen and oxygen atoms in total. The van der Waals surface area contributed by atoms with Crippen LogP contribution in [0.1, 0.15) is 15.9 Å². The van der Waals surface area contributed by atoms with Crippen LogP contribution in [0.15, 0.2) is 46.0 Å². The fraction of sp³-hybridized carbons (Fsp3) is 0.118. The highest BCUT2D eigenvalue weighted by atomic mass is 79.9. The molecule has 0 aromatic heterocycles. The lowest BCUT2D eigenvalue weighted by atomic mass is 10.2. The molecule has 0 spiro atoms. The van der Waals surface area contributed by atoms with Crippen LogP contribution in [0, 0.1) is 0 Å². The predicted molar refractivity (Wildman–Crippen MR) is 102 cm³/mol. The average Bonchev–Trinajstić information content (AvgIpc) is 2.60. The van der Waals surface area contributed by atoms with Crippen molar-refractivity contribution in [2.24, 2.45) is 10.8 Å². The van der Waals surface area contributed by atoms with Gasteiger partial charge in [-0.1, -0.05) is 27.5 Å². The van der Waals surface area contributed by atoms with Crippen molar-refractivity contribution in [3.63, 3.8) is 0 Å². The number of carbonyl (C=O) groups excluding carboxylic acids is 2. The van der Waals surface area contributed by atoms with Gasteiger partial charge in [0.15, 0.2) is 6.61 Å². The third-order valence-corrected chi connectivity index (χ3v) is 3.90. The van der Waals surface area contributed by atoms with Crippen molar-refractivity contribution in [1.82, 2.24) is 5.43 Å². The van der Waals surface area contributed by atoms with E-state index in [0.29, 0.717) is 22.6 Å². The number of nitrogens with two attached hydrogens (primary N) is 1. The third-order valence-electron chi connectivity index (χ3n) is 3.11. The van der Waals surface area contributed by atoms with Gasteiger partial charge in [0.2, 0.25) is 0 Å². The number of nitrogens with zero attached hydrogens (tertiary/aromatic N) is 1. The number of rotatable bonds is 7. The zero-order valence-electron chi connectivity index (χ0n) is 13.7. The summed E-state index contributed by atoms with van der Waals surface area (Å²) in [6.45, 7) is -0.266. The Morgan fingerprint density at radius 2 is 2.00 bits per heavy atom. The maximum absolute atomic E-state index is 12.2. The Morgan fingerprint density at radius 3 is 2.65 bits per heavy atom. The minimum atomic E-state index is -0.600. The first-order valence-electron chi connectivity index (χ1n) is 7.28. The van der Waals surface area contributed by atoms with Crippen molar-refractivity contribution in [1.29, 1.82) is 0 Å². The summed E-state index contributed by atoms with van der Waals surface area (Å²) in [4.78, 5) is 22.9. The van der Waals surface area contributed by atoms with E-state index in [1.165, 1.54) is 13.3 Å². The second kappa shape index (κ2) is 9.21. The van der Waals surface area contributed by atoms with Crippen molar-refractivity contribution < 1.29 is 19.1 Å². The first-order chi connectivity index (χ1) is 12.4. The van der Waals surface area contributed by atoms with Crippen molar-refractivity contribution in [2.75, 3.05) is 13.7 Å². The summed E-state index contributed by atoms with van der Waals surface area (Å²) >= 11 is 9.36. The molecule has 0 fully saturated rings. The second-order valence-electron chi connectivity index (χ2n) is 4.99. The van der Waals surface area contributed by atoms with E-state index in [2.05, 4.69) is 26.5 Å². The molecule has 26 heavy (non-hydrogen) atoms. The molecule has 9 heteroatoms. The van der Waals surface area contributed by atoms with E-state index in [4.69, 9.17) is 26.8 Å². The van der Waals surface area contributed by atoms with Crippen molar-refractivity contribution in [3.05, 3.63) is 57.0 Å². The van der Waals surface area contributed by atoms with Crippen molar-refractivity contribution in [2.45, 2.75) is 0 Å². The first-order valence-corrected chi connectivity index (χ1v) is 8.45. The molecule has 2 amide bonds. The van der Waals surface area contributed by atoms with Crippen LogP contribution in [0.2, 0.25) is 5.02 Å². The Kier molecular flexibility index (Phi) is 6.99. The Morgan fingerprint density at radius 1 is 1.27 bits per heavy atom. The molecule has 0 saturated heterocycles. The minimum absolute atomic E-state index is 0.266. The van der Waals surface area contributed by atoms with Gasteiger partial charge in [-0.15, -0.1) is 0 Å². The van der Waals surface area contributed by atoms with Crippen LogP contribution in [0.4, 0.5) is 0 Å². The van der Waals surface area contributed by atoms with Crippen LogP contribution in [0.3, 0.4) is 0 Å². The maximum Gasteiger partial charge on any atom is 0.275 e. The Bertz CT molecular complexity index is 858. The topological polar surface area (TPSA) is 103 Å². The fourth-order valence-electron chi connectivity index (χ4n) is 1.95. The Labute approximate surface area is 163 Å². The summed E-state index contributed by atoms with van der Waals surface area (Å²) in [6.07, 6.45) is 1.42.